The highest BCUT2D eigenvalue weighted by atomic mass is 32.2. The standard InChI is InChI=1S/C15H15N3O4S2/c1-10-14(11(2)22-18-10)24(19,20)17-9-12-3-5-13(6-4-12)21-15-16-7-8-23-15/h3-8,17H,9H2,1-2H3. The van der Waals surface area contributed by atoms with Crippen LogP contribution in [0.1, 0.15) is 17.0 Å². The van der Waals surface area contributed by atoms with Gasteiger partial charge in [0.05, 0.1) is 0 Å². The van der Waals surface area contributed by atoms with E-state index in [1.54, 1.807) is 44.3 Å². The first-order valence-corrected chi connectivity index (χ1v) is 9.41. The van der Waals surface area contributed by atoms with Crippen LogP contribution >= 0.6 is 11.3 Å². The highest BCUT2D eigenvalue weighted by Crippen LogP contribution is 2.24. The van der Waals surface area contributed by atoms with E-state index in [2.05, 4.69) is 14.9 Å². The van der Waals surface area contributed by atoms with Crippen molar-refractivity contribution in [2.24, 2.45) is 0 Å². The average Bonchev–Trinajstić information content (AvgIpc) is 3.17. The molecule has 0 bridgehead atoms. The summed E-state index contributed by atoms with van der Waals surface area (Å²) in [4.78, 5) is 4.13. The predicted octanol–water partition coefficient (Wildman–Crippen LogP) is 3.02. The fourth-order valence-corrected chi connectivity index (χ4v) is 3.99. The number of sulfonamides is 1. The summed E-state index contributed by atoms with van der Waals surface area (Å²) in [5.74, 6) is 0.912. The van der Waals surface area contributed by atoms with Crippen molar-refractivity contribution >= 4 is 21.4 Å². The first-order valence-electron chi connectivity index (χ1n) is 7.04. The Morgan fingerprint density at radius 3 is 2.58 bits per heavy atom. The third kappa shape index (κ3) is 3.64. The van der Waals surface area contributed by atoms with E-state index in [-0.39, 0.29) is 17.2 Å². The SMILES string of the molecule is Cc1noc(C)c1S(=O)(=O)NCc1ccc(Oc2nccs2)cc1. The number of hydrogen-bond donors (Lipinski definition) is 1. The van der Waals surface area contributed by atoms with E-state index in [0.29, 0.717) is 16.6 Å². The topological polar surface area (TPSA) is 94.3 Å². The Hall–Kier alpha value is -2.23. The van der Waals surface area contributed by atoms with Gasteiger partial charge in [0.25, 0.3) is 5.19 Å². The van der Waals surface area contributed by atoms with Gasteiger partial charge in [0, 0.05) is 18.1 Å². The van der Waals surface area contributed by atoms with E-state index in [9.17, 15) is 8.42 Å². The lowest BCUT2D eigenvalue weighted by Crippen LogP contribution is -2.24. The number of benzene rings is 1. The van der Waals surface area contributed by atoms with E-state index >= 15 is 0 Å². The Bertz CT molecular complexity index is 897. The van der Waals surface area contributed by atoms with Crippen LogP contribution in [0.2, 0.25) is 0 Å². The average molecular weight is 365 g/mol. The molecule has 0 unspecified atom stereocenters. The molecule has 2 aromatic heterocycles. The van der Waals surface area contributed by atoms with Crippen LogP contribution in [0.15, 0.2) is 45.3 Å². The third-order valence-electron chi connectivity index (χ3n) is 3.24. The molecule has 126 valence electrons. The Kier molecular flexibility index (Phi) is 4.65. The van der Waals surface area contributed by atoms with Crippen LogP contribution in [0.5, 0.6) is 10.9 Å². The van der Waals surface area contributed by atoms with Crippen LogP contribution in [-0.4, -0.2) is 18.6 Å². The lowest BCUT2D eigenvalue weighted by Gasteiger charge is -2.07. The second-order valence-electron chi connectivity index (χ2n) is 5.02. The van der Waals surface area contributed by atoms with E-state index in [4.69, 9.17) is 9.26 Å². The minimum absolute atomic E-state index is 0.0891. The number of ether oxygens (including phenoxy) is 1. The smallest absolute Gasteiger partial charge is 0.278 e. The molecule has 0 amide bonds. The number of rotatable bonds is 6. The van der Waals surface area contributed by atoms with Gasteiger partial charge < -0.3 is 9.26 Å². The van der Waals surface area contributed by atoms with Gasteiger partial charge >= 0.3 is 0 Å². The molecule has 0 saturated heterocycles. The van der Waals surface area contributed by atoms with Gasteiger partial charge in [-0.05, 0) is 31.5 Å². The summed E-state index contributed by atoms with van der Waals surface area (Å²) in [6.45, 7) is 3.32. The molecule has 0 spiro atoms. The summed E-state index contributed by atoms with van der Waals surface area (Å²) >= 11 is 1.40. The molecule has 0 aliphatic heterocycles. The molecule has 7 nitrogen and oxygen atoms in total. The van der Waals surface area contributed by atoms with E-state index in [1.165, 1.54) is 11.3 Å². The van der Waals surface area contributed by atoms with Crippen molar-refractivity contribution in [2.75, 3.05) is 0 Å². The van der Waals surface area contributed by atoms with Crippen LogP contribution in [0.3, 0.4) is 0 Å². The highest BCUT2D eigenvalue weighted by molar-refractivity contribution is 7.89. The summed E-state index contributed by atoms with van der Waals surface area (Å²) in [7, 11) is -3.67. The Labute approximate surface area is 143 Å². The Balaban J connectivity index is 1.66. The normalized spacial score (nSPS) is 11.6. The fraction of sp³-hybridized carbons (Fsp3) is 0.200. The van der Waals surface area contributed by atoms with Crippen LogP contribution in [0, 0.1) is 13.8 Å². The molecule has 1 N–H and O–H groups in total. The van der Waals surface area contributed by atoms with Crippen molar-refractivity contribution in [3.05, 3.63) is 52.9 Å². The van der Waals surface area contributed by atoms with E-state index in [0.717, 1.165) is 5.56 Å². The molecule has 9 heteroatoms. The molecule has 0 radical (unpaired) electrons. The Morgan fingerprint density at radius 1 is 1.25 bits per heavy atom. The quantitative estimate of drug-likeness (QED) is 0.721. The van der Waals surface area contributed by atoms with Crippen LogP contribution in [0.25, 0.3) is 0 Å². The number of nitrogens with zero attached hydrogens (tertiary/aromatic N) is 2. The molecule has 0 fully saturated rings. The van der Waals surface area contributed by atoms with Gasteiger partial charge in [-0.2, -0.15) is 0 Å². The number of aryl methyl sites for hydroxylation is 2. The van der Waals surface area contributed by atoms with Gasteiger partial charge in [-0.15, -0.1) is 0 Å². The van der Waals surface area contributed by atoms with Crippen molar-refractivity contribution in [3.8, 4) is 10.9 Å². The van der Waals surface area contributed by atoms with Crippen molar-refractivity contribution in [3.63, 3.8) is 0 Å². The van der Waals surface area contributed by atoms with Crippen molar-refractivity contribution in [1.29, 1.82) is 0 Å². The number of aromatic nitrogens is 2. The lowest BCUT2D eigenvalue weighted by atomic mass is 10.2. The van der Waals surface area contributed by atoms with E-state index in [1.807, 2.05) is 5.38 Å². The summed E-state index contributed by atoms with van der Waals surface area (Å²) in [5.41, 5.74) is 1.14. The minimum atomic E-state index is -3.67. The molecule has 3 rings (SSSR count). The second-order valence-corrected chi connectivity index (χ2v) is 7.58. The van der Waals surface area contributed by atoms with Crippen molar-refractivity contribution < 1.29 is 17.7 Å². The second kappa shape index (κ2) is 6.71. The maximum absolute atomic E-state index is 12.3. The van der Waals surface area contributed by atoms with E-state index < -0.39 is 10.0 Å². The maximum Gasteiger partial charge on any atom is 0.278 e. The lowest BCUT2D eigenvalue weighted by molar-refractivity contribution is 0.390. The van der Waals surface area contributed by atoms with Gasteiger partial charge in [-0.1, -0.05) is 28.6 Å². The maximum atomic E-state index is 12.3. The van der Waals surface area contributed by atoms with Gasteiger partial charge in [-0.3, -0.25) is 0 Å². The van der Waals surface area contributed by atoms with Crippen LogP contribution in [0.4, 0.5) is 0 Å². The van der Waals surface area contributed by atoms with Gasteiger partial charge in [0.2, 0.25) is 10.0 Å². The first-order chi connectivity index (χ1) is 11.5. The third-order valence-corrected chi connectivity index (χ3v) is 5.53. The van der Waals surface area contributed by atoms with Crippen LogP contribution < -0.4 is 9.46 Å². The molecule has 2 heterocycles. The molecule has 24 heavy (non-hydrogen) atoms. The summed E-state index contributed by atoms with van der Waals surface area (Å²) in [6.07, 6.45) is 1.66. The zero-order chi connectivity index (χ0) is 17.2. The minimum Gasteiger partial charge on any atom is -0.431 e. The van der Waals surface area contributed by atoms with Crippen LogP contribution in [-0.2, 0) is 16.6 Å². The monoisotopic (exact) mass is 365 g/mol. The highest BCUT2D eigenvalue weighted by Gasteiger charge is 2.23. The molecule has 1 aromatic carbocycles. The summed E-state index contributed by atoms with van der Waals surface area (Å²) < 4.78 is 37.7. The summed E-state index contributed by atoms with van der Waals surface area (Å²) in [6, 6.07) is 7.11. The molecule has 0 aliphatic rings. The molecule has 0 atom stereocenters. The first kappa shape index (κ1) is 16.6. The molecular weight excluding hydrogens is 350 g/mol. The molecular formula is C15H15N3O4S2. The number of hydrogen-bond acceptors (Lipinski definition) is 7. The van der Waals surface area contributed by atoms with Gasteiger partial charge in [0.15, 0.2) is 5.76 Å². The molecule has 0 saturated carbocycles. The summed E-state index contributed by atoms with van der Waals surface area (Å²) in [5, 5.41) is 6.05. The number of nitrogens with one attached hydrogen (secondary N) is 1. The zero-order valence-electron chi connectivity index (χ0n) is 13.0. The fourth-order valence-electron chi connectivity index (χ4n) is 2.15. The Morgan fingerprint density at radius 2 is 2.00 bits per heavy atom. The van der Waals surface area contributed by atoms with Gasteiger partial charge in [0.1, 0.15) is 16.3 Å². The predicted molar refractivity (Wildman–Crippen MR) is 88.6 cm³/mol. The van der Waals surface area contributed by atoms with Gasteiger partial charge in [-0.25, -0.2) is 18.1 Å². The largest absolute Gasteiger partial charge is 0.431 e. The number of thiazole rings is 1. The zero-order valence-corrected chi connectivity index (χ0v) is 14.6. The van der Waals surface area contributed by atoms with Crippen molar-refractivity contribution in [2.45, 2.75) is 25.3 Å². The molecule has 3 aromatic rings. The van der Waals surface area contributed by atoms with Crippen molar-refractivity contribution in [1.82, 2.24) is 14.9 Å². The molecule has 0 aliphatic carbocycles.